The summed E-state index contributed by atoms with van der Waals surface area (Å²) in [5, 5.41) is -3.72. The highest BCUT2D eigenvalue weighted by atomic mass is 19.6. The Kier molecular flexibility index (Phi) is 2.47. The van der Waals surface area contributed by atoms with E-state index in [1.54, 1.807) is 0 Å². The molecule has 48 valence electrons. The minimum atomic E-state index is -3.72. The molecule has 0 atom stereocenters. The maximum Gasteiger partial charge on any atom is 0.248 e. The van der Waals surface area contributed by atoms with E-state index >= 15 is 0 Å². The number of nitrogens with zero attached hydrogens (tertiary/aromatic N) is 1. The fourth-order valence-corrected chi connectivity index (χ4v) is 0.159. The second-order valence-corrected chi connectivity index (χ2v) is 1.09. The second kappa shape index (κ2) is 2.66. The van der Waals surface area contributed by atoms with Crippen LogP contribution in [0.25, 0.3) is 0 Å². The molecule has 0 aromatic heterocycles. The Morgan fingerprint density at radius 1 is 1.25 bits per heavy atom. The Labute approximate surface area is 43.2 Å². The second-order valence-electron chi connectivity index (χ2n) is 1.09. The maximum atomic E-state index is 11.0. The van der Waals surface area contributed by atoms with Gasteiger partial charge in [-0.25, -0.2) is 4.39 Å². The van der Waals surface area contributed by atoms with Crippen molar-refractivity contribution in [2.24, 2.45) is 0 Å². The predicted octanol–water partition coefficient (Wildman–Crippen LogP) is 1.94. The summed E-state index contributed by atoms with van der Waals surface area (Å²) in [5.74, 6) is 0. The third-order valence-electron chi connectivity index (χ3n) is 0.402. The zero-order valence-electron chi connectivity index (χ0n) is 3.82. The van der Waals surface area contributed by atoms with E-state index < -0.39 is 11.7 Å². The molecular formula is C3H4F4N+. The maximum absolute atomic E-state index is 11.0. The normalized spacial score (nSPS) is 13.0. The van der Waals surface area contributed by atoms with Crippen molar-refractivity contribution >= 4 is 0 Å². The summed E-state index contributed by atoms with van der Waals surface area (Å²) >= 11 is 0. The minimum absolute atomic E-state index is 0.133. The monoisotopic (exact) mass is 130 g/mol. The van der Waals surface area contributed by atoms with Crippen molar-refractivity contribution < 1.29 is 23.0 Å². The molecule has 0 spiro atoms. The molecule has 0 N–H and O–H groups in total. The lowest BCUT2D eigenvalue weighted by Gasteiger charge is -1.91. The van der Waals surface area contributed by atoms with Crippen molar-refractivity contribution in [3.05, 3.63) is 12.4 Å². The van der Waals surface area contributed by atoms with Gasteiger partial charge in [-0.3, -0.25) is 0 Å². The van der Waals surface area contributed by atoms with Crippen LogP contribution in [0.4, 0.5) is 17.8 Å². The molecule has 0 saturated heterocycles. The van der Waals surface area contributed by atoms with Gasteiger partial charge in [0.25, 0.3) is 0 Å². The topological polar surface area (TPSA) is 0 Å². The molecule has 0 aliphatic heterocycles. The van der Waals surface area contributed by atoms with Crippen molar-refractivity contribution in [3.63, 3.8) is 0 Å². The Morgan fingerprint density at radius 2 is 1.75 bits per heavy atom. The van der Waals surface area contributed by atoms with Crippen LogP contribution in [0.3, 0.4) is 0 Å². The summed E-state index contributed by atoms with van der Waals surface area (Å²) < 4.78 is 43.7. The largest absolute Gasteiger partial charge is 0.248 e. The van der Waals surface area contributed by atoms with E-state index in [2.05, 4.69) is 0 Å². The average Bonchev–Trinajstić information content (AvgIpc) is 1.59. The van der Waals surface area contributed by atoms with Gasteiger partial charge in [0, 0.05) is 6.08 Å². The molecule has 0 radical (unpaired) electrons. The highest BCUT2D eigenvalue weighted by Gasteiger charge is 2.27. The van der Waals surface area contributed by atoms with E-state index in [-0.39, 0.29) is 6.33 Å². The summed E-state index contributed by atoms with van der Waals surface area (Å²) in [6, 6.07) is 0. The standard InChI is InChI=1S/C3H4F4N/c4-2-1-3-8(5,6)7/h1-2H,3H2/q+1. The fourth-order valence-electron chi connectivity index (χ4n) is 0.159. The van der Waals surface area contributed by atoms with E-state index in [1.165, 1.54) is 0 Å². The van der Waals surface area contributed by atoms with Crippen LogP contribution in [0, 0.1) is 0 Å². The Balaban J connectivity index is 3.39. The molecule has 8 heavy (non-hydrogen) atoms. The zero-order valence-corrected chi connectivity index (χ0v) is 3.82. The summed E-state index contributed by atoms with van der Waals surface area (Å²) in [5.41, 5.74) is 0. The molecule has 0 fully saturated rings. The van der Waals surface area contributed by atoms with Crippen molar-refractivity contribution in [3.8, 4) is 0 Å². The zero-order chi connectivity index (χ0) is 6.62. The Morgan fingerprint density at radius 3 is 1.88 bits per heavy atom. The van der Waals surface area contributed by atoms with Crippen molar-refractivity contribution in [2.75, 3.05) is 6.54 Å². The lowest BCUT2D eigenvalue weighted by molar-refractivity contribution is -1.27. The first-order valence-electron chi connectivity index (χ1n) is 1.78. The van der Waals surface area contributed by atoms with Gasteiger partial charge >= 0.3 is 0 Å². The van der Waals surface area contributed by atoms with Crippen LogP contribution in [0.1, 0.15) is 0 Å². The van der Waals surface area contributed by atoms with Gasteiger partial charge in [-0.15, -0.1) is 0 Å². The van der Waals surface area contributed by atoms with E-state index in [9.17, 15) is 17.8 Å². The number of rotatable bonds is 2. The van der Waals surface area contributed by atoms with Gasteiger partial charge in [0.1, 0.15) is 0 Å². The first-order chi connectivity index (χ1) is 3.56. The highest BCUT2D eigenvalue weighted by Crippen LogP contribution is 2.08. The first kappa shape index (κ1) is 7.42. The quantitative estimate of drug-likeness (QED) is 0.395. The molecule has 0 heterocycles. The molecule has 0 aromatic carbocycles. The van der Waals surface area contributed by atoms with E-state index in [4.69, 9.17) is 0 Å². The van der Waals surface area contributed by atoms with Gasteiger partial charge in [0.05, 0.1) is 19.8 Å². The van der Waals surface area contributed by atoms with E-state index in [0.29, 0.717) is 6.08 Å². The SMILES string of the molecule is FC=CC[N+](F)(F)F. The van der Waals surface area contributed by atoms with Crippen LogP contribution in [0.5, 0.6) is 0 Å². The van der Waals surface area contributed by atoms with Crippen molar-refractivity contribution in [1.29, 1.82) is 0 Å². The summed E-state index contributed by atoms with van der Waals surface area (Å²) in [7, 11) is 0. The first-order valence-corrected chi connectivity index (χ1v) is 1.78. The van der Waals surface area contributed by atoms with Crippen LogP contribution >= 0.6 is 0 Å². The molecular weight excluding hydrogens is 126 g/mol. The van der Waals surface area contributed by atoms with Gasteiger partial charge < -0.3 is 0 Å². The van der Waals surface area contributed by atoms with Crippen LogP contribution < -0.4 is 0 Å². The summed E-state index contributed by atoms with van der Waals surface area (Å²) in [4.78, 5) is 0. The van der Waals surface area contributed by atoms with Crippen LogP contribution in [0.15, 0.2) is 12.4 Å². The van der Waals surface area contributed by atoms with Crippen LogP contribution in [-0.4, -0.2) is 11.7 Å². The summed E-state index contributed by atoms with van der Waals surface area (Å²) in [6.07, 6.45) is 0.256. The number of hydrogen-bond acceptors (Lipinski definition) is 0. The Bertz CT molecular complexity index is 83.8. The molecule has 0 bridgehead atoms. The van der Waals surface area contributed by atoms with Gasteiger partial charge in [-0.1, -0.05) is 0 Å². The molecule has 0 unspecified atom stereocenters. The molecule has 1 nitrogen and oxygen atoms in total. The van der Waals surface area contributed by atoms with Crippen LogP contribution in [0.2, 0.25) is 0 Å². The van der Waals surface area contributed by atoms with Crippen molar-refractivity contribution in [2.45, 2.75) is 0 Å². The lowest BCUT2D eigenvalue weighted by atomic mass is 10.6. The fraction of sp³-hybridized carbons (Fsp3) is 0.333. The molecule has 0 rings (SSSR count). The molecule has 5 heteroatoms. The minimum Gasteiger partial charge on any atom is -0.216 e. The van der Waals surface area contributed by atoms with Gasteiger partial charge in [0.2, 0.25) is 11.7 Å². The van der Waals surface area contributed by atoms with Gasteiger partial charge in [-0.05, 0) is 0 Å². The van der Waals surface area contributed by atoms with Crippen molar-refractivity contribution in [1.82, 2.24) is 0 Å². The third-order valence-corrected chi connectivity index (χ3v) is 0.402. The molecule has 0 amide bonds. The van der Waals surface area contributed by atoms with Gasteiger partial charge in [-0.2, -0.15) is 0 Å². The highest BCUT2D eigenvalue weighted by molar-refractivity contribution is 4.68. The van der Waals surface area contributed by atoms with E-state index in [1.807, 2.05) is 0 Å². The number of hydrogen-bond donors (Lipinski definition) is 0. The Hall–Kier alpha value is -0.580. The average molecular weight is 130 g/mol. The van der Waals surface area contributed by atoms with Crippen LogP contribution in [-0.2, 0) is 0 Å². The van der Waals surface area contributed by atoms with E-state index in [0.717, 1.165) is 0 Å². The summed E-state index contributed by atoms with van der Waals surface area (Å²) in [6.45, 7) is -1.25. The smallest absolute Gasteiger partial charge is 0.216 e. The molecule has 0 aliphatic rings. The molecule has 0 aliphatic carbocycles. The number of quaternary nitrogens is 1. The number of halogens is 4. The molecule has 0 aromatic rings. The third kappa shape index (κ3) is 5.42. The molecule has 0 saturated carbocycles. The predicted molar refractivity (Wildman–Crippen MR) is 18.7 cm³/mol. The van der Waals surface area contributed by atoms with Gasteiger partial charge in [0.15, 0.2) is 0 Å². The lowest BCUT2D eigenvalue weighted by Crippen LogP contribution is -2.17.